The average Bonchev–Trinajstić information content (AvgIpc) is 2.03. The van der Waals surface area contributed by atoms with Crippen LogP contribution in [-0.2, 0) is 0 Å². The van der Waals surface area contributed by atoms with Crippen LogP contribution in [0.2, 0.25) is 0 Å². The Hall–Kier alpha value is -1.62. The highest BCUT2D eigenvalue weighted by atomic mass is 16.6. The molecule has 70 valence electrons. The molecule has 1 amide bonds. The third kappa shape index (κ3) is 2.72. The Morgan fingerprint density at radius 2 is 2.46 bits per heavy atom. The van der Waals surface area contributed by atoms with E-state index in [1.165, 1.54) is 12.3 Å². The van der Waals surface area contributed by atoms with E-state index in [1.54, 1.807) is 13.0 Å². The monoisotopic (exact) mass is 182 g/mol. The van der Waals surface area contributed by atoms with Gasteiger partial charge < -0.3 is 15.6 Å². The summed E-state index contributed by atoms with van der Waals surface area (Å²) in [6.07, 6.45) is -0.117. The molecule has 1 aromatic heterocycles. The molecule has 0 bridgehead atoms. The molecule has 1 rings (SSSR count). The Morgan fingerprint density at radius 1 is 1.77 bits per heavy atom. The minimum Gasteiger partial charge on any atom is -0.391 e. The average molecular weight is 182 g/mol. The Labute approximate surface area is 75.2 Å². The van der Waals surface area contributed by atoms with Crippen molar-refractivity contribution in [2.24, 2.45) is 5.73 Å². The fourth-order valence-corrected chi connectivity index (χ4v) is 0.843. The number of nitrogens with two attached hydrogens (primary N) is 1. The summed E-state index contributed by atoms with van der Waals surface area (Å²) in [6, 6.07) is 3.08. The van der Waals surface area contributed by atoms with E-state index in [0.717, 1.165) is 0 Å². The normalized spacial score (nSPS) is 12.2. The summed E-state index contributed by atoms with van der Waals surface area (Å²) in [6.45, 7) is 1.60. The Bertz CT molecular complexity index is 312. The van der Waals surface area contributed by atoms with Gasteiger partial charge in [-0.05, 0) is 18.6 Å². The summed E-state index contributed by atoms with van der Waals surface area (Å²) in [7, 11) is 0. The number of pyridine rings is 1. The van der Waals surface area contributed by atoms with E-state index in [9.17, 15) is 9.90 Å². The first-order valence-corrected chi connectivity index (χ1v) is 3.71. The van der Waals surface area contributed by atoms with Crippen molar-refractivity contribution in [1.29, 1.82) is 0 Å². The molecule has 0 unspecified atom stereocenters. The van der Waals surface area contributed by atoms with Crippen LogP contribution in [0.1, 0.15) is 18.6 Å². The second-order valence-electron chi connectivity index (χ2n) is 2.52. The quantitative estimate of drug-likeness (QED) is 0.701. The van der Waals surface area contributed by atoms with E-state index >= 15 is 0 Å². The van der Waals surface area contributed by atoms with Crippen LogP contribution in [0.3, 0.4) is 0 Å². The lowest BCUT2D eigenvalue weighted by Crippen LogP contribution is -2.17. The van der Waals surface area contributed by atoms with Crippen molar-refractivity contribution in [3.8, 4) is 5.88 Å². The van der Waals surface area contributed by atoms with E-state index in [-0.39, 0.29) is 5.88 Å². The van der Waals surface area contributed by atoms with Crippen LogP contribution in [0.25, 0.3) is 0 Å². The molecule has 1 heterocycles. The van der Waals surface area contributed by atoms with Gasteiger partial charge in [0.05, 0.1) is 6.10 Å². The van der Waals surface area contributed by atoms with Gasteiger partial charge in [-0.2, -0.15) is 0 Å². The first-order chi connectivity index (χ1) is 6.09. The van der Waals surface area contributed by atoms with Crippen LogP contribution in [-0.4, -0.2) is 16.2 Å². The Kier molecular flexibility index (Phi) is 2.81. The minimum atomic E-state index is -0.921. The number of carbonyl (C=O) groups is 1. The topological polar surface area (TPSA) is 85.4 Å². The molecule has 0 saturated carbocycles. The van der Waals surface area contributed by atoms with E-state index in [0.29, 0.717) is 5.56 Å². The molecule has 5 nitrogen and oxygen atoms in total. The smallest absolute Gasteiger partial charge is 0.391 e. The maximum atomic E-state index is 10.3. The number of aliphatic hydroxyl groups is 1. The van der Waals surface area contributed by atoms with Gasteiger partial charge in [0, 0.05) is 12.3 Å². The zero-order valence-electron chi connectivity index (χ0n) is 7.10. The maximum absolute atomic E-state index is 10.3. The molecule has 0 spiro atoms. The van der Waals surface area contributed by atoms with Crippen LogP contribution in [0.15, 0.2) is 18.3 Å². The molecule has 0 aromatic carbocycles. The van der Waals surface area contributed by atoms with Crippen LogP contribution in [0.5, 0.6) is 5.88 Å². The molecule has 0 aliphatic heterocycles. The summed E-state index contributed by atoms with van der Waals surface area (Å²) >= 11 is 0. The predicted molar refractivity (Wildman–Crippen MR) is 45.1 cm³/mol. The van der Waals surface area contributed by atoms with Gasteiger partial charge in [0.1, 0.15) is 0 Å². The van der Waals surface area contributed by atoms with Crippen molar-refractivity contribution in [3.05, 3.63) is 23.9 Å². The molecule has 0 saturated heterocycles. The zero-order valence-corrected chi connectivity index (χ0v) is 7.10. The van der Waals surface area contributed by atoms with Crippen LogP contribution < -0.4 is 10.5 Å². The highest BCUT2D eigenvalue weighted by Gasteiger charge is 2.04. The number of aliphatic hydroxyl groups excluding tert-OH is 1. The first-order valence-electron chi connectivity index (χ1n) is 3.71. The van der Waals surface area contributed by atoms with Gasteiger partial charge in [0.15, 0.2) is 0 Å². The SMILES string of the molecule is C[C@@H](O)c1ccnc(OC(N)=O)c1. The van der Waals surface area contributed by atoms with Gasteiger partial charge in [0.25, 0.3) is 0 Å². The van der Waals surface area contributed by atoms with Crippen molar-refractivity contribution in [1.82, 2.24) is 4.98 Å². The number of hydrogen-bond donors (Lipinski definition) is 2. The van der Waals surface area contributed by atoms with Crippen LogP contribution in [0, 0.1) is 0 Å². The lowest BCUT2D eigenvalue weighted by atomic mass is 10.2. The molecule has 0 fully saturated rings. The minimum absolute atomic E-state index is 0.0888. The zero-order chi connectivity index (χ0) is 9.84. The van der Waals surface area contributed by atoms with Gasteiger partial charge >= 0.3 is 6.09 Å². The molecule has 5 heteroatoms. The molecular weight excluding hydrogens is 172 g/mol. The Morgan fingerprint density at radius 3 is 3.00 bits per heavy atom. The first kappa shape index (κ1) is 9.47. The fraction of sp³-hybridized carbons (Fsp3) is 0.250. The van der Waals surface area contributed by atoms with E-state index in [2.05, 4.69) is 9.72 Å². The lowest BCUT2D eigenvalue weighted by molar-refractivity contribution is 0.196. The molecule has 3 N–H and O–H groups in total. The number of ether oxygens (including phenoxy) is 1. The van der Waals surface area contributed by atoms with E-state index in [1.807, 2.05) is 0 Å². The predicted octanol–water partition coefficient (Wildman–Crippen LogP) is 0.592. The van der Waals surface area contributed by atoms with Crippen molar-refractivity contribution in [2.75, 3.05) is 0 Å². The number of primary amides is 1. The van der Waals surface area contributed by atoms with Crippen molar-refractivity contribution in [3.63, 3.8) is 0 Å². The number of nitrogens with zero attached hydrogens (tertiary/aromatic N) is 1. The van der Waals surface area contributed by atoms with Gasteiger partial charge in [-0.25, -0.2) is 9.78 Å². The Balaban J connectivity index is 2.85. The molecule has 13 heavy (non-hydrogen) atoms. The molecular formula is C8H10N2O3. The van der Waals surface area contributed by atoms with Crippen LogP contribution >= 0.6 is 0 Å². The number of rotatable bonds is 2. The van der Waals surface area contributed by atoms with Gasteiger partial charge in [-0.15, -0.1) is 0 Å². The molecule has 0 radical (unpaired) electrons. The highest BCUT2D eigenvalue weighted by Crippen LogP contribution is 2.15. The van der Waals surface area contributed by atoms with Crippen LogP contribution in [0.4, 0.5) is 4.79 Å². The second kappa shape index (κ2) is 3.86. The van der Waals surface area contributed by atoms with Gasteiger partial charge in [-0.1, -0.05) is 0 Å². The van der Waals surface area contributed by atoms with Crippen molar-refractivity contribution < 1.29 is 14.6 Å². The standard InChI is InChI=1S/C8H10N2O3/c1-5(11)6-2-3-10-7(4-6)13-8(9)12/h2-5,11H,1H3,(H2,9,12)/t5-/m1/s1. The highest BCUT2D eigenvalue weighted by molar-refractivity contribution is 5.67. The summed E-state index contributed by atoms with van der Waals surface area (Å²) in [5.41, 5.74) is 5.40. The maximum Gasteiger partial charge on any atom is 0.411 e. The summed E-state index contributed by atoms with van der Waals surface area (Å²) in [5.74, 6) is 0.0888. The summed E-state index contributed by atoms with van der Waals surface area (Å²) in [5, 5.41) is 9.18. The second-order valence-corrected chi connectivity index (χ2v) is 2.52. The van der Waals surface area contributed by atoms with Crippen molar-refractivity contribution in [2.45, 2.75) is 13.0 Å². The van der Waals surface area contributed by atoms with E-state index < -0.39 is 12.2 Å². The molecule has 1 aromatic rings. The van der Waals surface area contributed by atoms with Crippen molar-refractivity contribution >= 4 is 6.09 Å². The third-order valence-electron chi connectivity index (χ3n) is 1.45. The largest absolute Gasteiger partial charge is 0.411 e. The number of amides is 1. The van der Waals surface area contributed by atoms with Gasteiger partial charge in [-0.3, -0.25) is 0 Å². The van der Waals surface area contributed by atoms with Gasteiger partial charge in [0.2, 0.25) is 5.88 Å². The summed E-state index contributed by atoms with van der Waals surface area (Å²) in [4.78, 5) is 14.1. The fourth-order valence-electron chi connectivity index (χ4n) is 0.843. The third-order valence-corrected chi connectivity index (χ3v) is 1.45. The molecule has 0 aliphatic carbocycles. The molecule has 0 aliphatic rings. The number of aromatic nitrogens is 1. The number of carbonyl (C=O) groups excluding carboxylic acids is 1. The van der Waals surface area contributed by atoms with E-state index in [4.69, 9.17) is 5.73 Å². The summed E-state index contributed by atoms with van der Waals surface area (Å²) < 4.78 is 4.52. The molecule has 1 atom stereocenters. The lowest BCUT2D eigenvalue weighted by Gasteiger charge is -2.05. The number of hydrogen-bond acceptors (Lipinski definition) is 4.